The van der Waals surface area contributed by atoms with Gasteiger partial charge < -0.3 is 15.2 Å². The summed E-state index contributed by atoms with van der Waals surface area (Å²) in [6, 6.07) is 6.34. The Morgan fingerprint density at radius 3 is 3.09 bits per heavy atom. The first-order chi connectivity index (χ1) is 11.2. The van der Waals surface area contributed by atoms with E-state index in [0.717, 1.165) is 30.8 Å². The van der Waals surface area contributed by atoms with Gasteiger partial charge in [-0.3, -0.25) is 4.79 Å². The van der Waals surface area contributed by atoms with E-state index in [4.69, 9.17) is 4.52 Å². The molecule has 0 saturated heterocycles. The molecule has 6 heteroatoms. The van der Waals surface area contributed by atoms with Crippen LogP contribution in [0.1, 0.15) is 55.6 Å². The minimum absolute atomic E-state index is 0.0932. The van der Waals surface area contributed by atoms with E-state index in [1.54, 1.807) is 0 Å². The summed E-state index contributed by atoms with van der Waals surface area (Å²) in [5.41, 5.74) is 3.31. The minimum atomic E-state index is 0.0932. The van der Waals surface area contributed by atoms with E-state index in [-0.39, 0.29) is 11.9 Å². The van der Waals surface area contributed by atoms with Gasteiger partial charge in [-0.1, -0.05) is 24.2 Å². The summed E-state index contributed by atoms with van der Waals surface area (Å²) in [6.07, 6.45) is 3.20. The topological polar surface area (TPSA) is 80.0 Å². The number of carbonyl (C=O) groups is 1. The number of benzene rings is 1. The number of fused-ring (bicyclic) bond motifs is 1. The lowest BCUT2D eigenvalue weighted by Crippen LogP contribution is -2.21. The normalized spacial score (nSPS) is 15.1. The number of aromatic nitrogens is 2. The van der Waals surface area contributed by atoms with Gasteiger partial charge >= 0.3 is 0 Å². The van der Waals surface area contributed by atoms with E-state index < -0.39 is 0 Å². The molecular weight excluding hydrogens is 292 g/mol. The molecule has 1 aliphatic heterocycles. The average Bonchev–Trinajstić information content (AvgIpc) is 3.00. The van der Waals surface area contributed by atoms with Crippen molar-refractivity contribution in [1.29, 1.82) is 0 Å². The first-order valence-electron chi connectivity index (χ1n) is 8.13. The second kappa shape index (κ2) is 6.91. The summed E-state index contributed by atoms with van der Waals surface area (Å²) >= 11 is 0. The maximum Gasteiger partial charge on any atom is 0.240 e. The smallest absolute Gasteiger partial charge is 0.240 e. The van der Waals surface area contributed by atoms with Crippen molar-refractivity contribution in [3.8, 4) is 0 Å². The van der Waals surface area contributed by atoms with Gasteiger partial charge in [0.05, 0.1) is 6.54 Å². The van der Waals surface area contributed by atoms with E-state index in [2.05, 4.69) is 40.7 Å². The summed E-state index contributed by atoms with van der Waals surface area (Å²) in [5.74, 6) is 1.47. The molecule has 0 fully saturated rings. The van der Waals surface area contributed by atoms with Gasteiger partial charge in [-0.15, -0.1) is 0 Å². The number of anilines is 1. The van der Waals surface area contributed by atoms with E-state index in [1.165, 1.54) is 11.1 Å². The van der Waals surface area contributed by atoms with Gasteiger partial charge in [0.2, 0.25) is 11.8 Å². The fourth-order valence-electron chi connectivity index (χ4n) is 2.72. The molecule has 0 spiro atoms. The zero-order chi connectivity index (χ0) is 16.2. The third-order valence-electron chi connectivity index (χ3n) is 4.07. The Labute approximate surface area is 135 Å². The van der Waals surface area contributed by atoms with Gasteiger partial charge in [0.15, 0.2) is 5.82 Å². The number of nitrogens with one attached hydrogen (secondary N) is 2. The molecule has 0 aliphatic carbocycles. The van der Waals surface area contributed by atoms with Gasteiger partial charge in [0, 0.05) is 24.6 Å². The zero-order valence-corrected chi connectivity index (χ0v) is 13.6. The van der Waals surface area contributed by atoms with Crippen LogP contribution in [-0.4, -0.2) is 16.0 Å². The molecule has 6 nitrogen and oxygen atoms in total. The van der Waals surface area contributed by atoms with Crippen LogP contribution >= 0.6 is 0 Å². The molecule has 122 valence electrons. The quantitative estimate of drug-likeness (QED) is 0.857. The van der Waals surface area contributed by atoms with Crippen LogP contribution in [0.4, 0.5) is 5.69 Å². The highest BCUT2D eigenvalue weighted by Crippen LogP contribution is 2.26. The number of rotatable bonds is 6. The maximum absolute atomic E-state index is 11.4. The highest BCUT2D eigenvalue weighted by Gasteiger charge is 2.16. The lowest BCUT2D eigenvalue weighted by atomic mass is 9.98. The van der Waals surface area contributed by atoms with Crippen molar-refractivity contribution < 1.29 is 9.32 Å². The molecule has 1 unspecified atom stereocenters. The van der Waals surface area contributed by atoms with Crippen molar-refractivity contribution in [2.24, 2.45) is 0 Å². The molecule has 2 aromatic rings. The summed E-state index contributed by atoms with van der Waals surface area (Å²) in [5, 5.41) is 10.3. The lowest BCUT2D eigenvalue weighted by Gasteiger charge is -2.20. The van der Waals surface area contributed by atoms with Crippen LogP contribution in [0.25, 0.3) is 0 Å². The van der Waals surface area contributed by atoms with Crippen LogP contribution in [0.5, 0.6) is 0 Å². The number of hydrogen-bond donors (Lipinski definition) is 2. The number of carbonyl (C=O) groups excluding carboxylic acids is 1. The molecule has 2 heterocycles. The summed E-state index contributed by atoms with van der Waals surface area (Å²) in [6.45, 7) is 4.74. The number of aryl methyl sites for hydroxylation is 2. The SMILES string of the molecule is CCCc1noc(CNC(C)c2ccc3c(c2)CCC(=O)N3)n1. The van der Waals surface area contributed by atoms with Crippen molar-refractivity contribution in [2.75, 3.05) is 5.32 Å². The summed E-state index contributed by atoms with van der Waals surface area (Å²) < 4.78 is 5.23. The fraction of sp³-hybridized carbons (Fsp3) is 0.471. The van der Waals surface area contributed by atoms with Crippen molar-refractivity contribution in [2.45, 2.75) is 52.1 Å². The second-order valence-electron chi connectivity index (χ2n) is 5.92. The van der Waals surface area contributed by atoms with E-state index in [0.29, 0.717) is 18.9 Å². The van der Waals surface area contributed by atoms with Crippen LogP contribution in [-0.2, 0) is 24.2 Å². The van der Waals surface area contributed by atoms with Crippen LogP contribution in [0.3, 0.4) is 0 Å². The van der Waals surface area contributed by atoms with E-state index in [1.807, 2.05) is 12.1 Å². The maximum atomic E-state index is 11.4. The molecule has 2 N–H and O–H groups in total. The first kappa shape index (κ1) is 15.7. The third kappa shape index (κ3) is 3.76. The van der Waals surface area contributed by atoms with Crippen LogP contribution in [0.2, 0.25) is 0 Å². The monoisotopic (exact) mass is 314 g/mol. The Balaban J connectivity index is 1.61. The van der Waals surface area contributed by atoms with E-state index >= 15 is 0 Å². The molecule has 0 radical (unpaired) electrons. The predicted octanol–water partition coefficient (Wildman–Crippen LogP) is 2.76. The average molecular weight is 314 g/mol. The molecule has 1 aromatic heterocycles. The number of nitrogens with zero attached hydrogens (tertiary/aromatic N) is 2. The molecule has 0 bridgehead atoms. The molecule has 1 aromatic carbocycles. The largest absolute Gasteiger partial charge is 0.338 e. The van der Waals surface area contributed by atoms with Gasteiger partial charge in [0.1, 0.15) is 0 Å². The first-order valence-corrected chi connectivity index (χ1v) is 8.13. The van der Waals surface area contributed by atoms with Gasteiger partial charge in [-0.05, 0) is 37.0 Å². The van der Waals surface area contributed by atoms with Crippen molar-refractivity contribution in [1.82, 2.24) is 15.5 Å². The predicted molar refractivity (Wildman–Crippen MR) is 86.9 cm³/mol. The lowest BCUT2D eigenvalue weighted by molar-refractivity contribution is -0.116. The van der Waals surface area contributed by atoms with Gasteiger partial charge in [-0.25, -0.2) is 0 Å². The highest BCUT2D eigenvalue weighted by molar-refractivity contribution is 5.93. The van der Waals surface area contributed by atoms with Crippen LogP contribution < -0.4 is 10.6 Å². The van der Waals surface area contributed by atoms with Crippen molar-refractivity contribution >= 4 is 11.6 Å². The molecule has 1 aliphatic rings. The second-order valence-corrected chi connectivity index (χ2v) is 5.92. The molecule has 0 saturated carbocycles. The number of amides is 1. The molecular formula is C17H22N4O2. The summed E-state index contributed by atoms with van der Waals surface area (Å²) in [7, 11) is 0. The van der Waals surface area contributed by atoms with Crippen molar-refractivity contribution in [3.63, 3.8) is 0 Å². The Bertz CT molecular complexity index is 696. The summed E-state index contributed by atoms with van der Waals surface area (Å²) in [4.78, 5) is 15.8. The zero-order valence-electron chi connectivity index (χ0n) is 13.6. The van der Waals surface area contributed by atoms with Gasteiger partial charge in [-0.2, -0.15) is 4.98 Å². The standard InChI is InChI=1S/C17H22N4O2/c1-3-4-15-20-17(23-21-15)10-18-11(2)12-5-7-14-13(9-12)6-8-16(22)19-14/h5,7,9,11,18H,3-4,6,8,10H2,1-2H3,(H,19,22). The Hall–Kier alpha value is -2.21. The van der Waals surface area contributed by atoms with Crippen LogP contribution in [0.15, 0.2) is 22.7 Å². The van der Waals surface area contributed by atoms with E-state index in [9.17, 15) is 4.79 Å². The number of hydrogen-bond acceptors (Lipinski definition) is 5. The Morgan fingerprint density at radius 1 is 1.39 bits per heavy atom. The fourth-order valence-corrected chi connectivity index (χ4v) is 2.72. The Kier molecular flexibility index (Phi) is 4.71. The molecule has 1 amide bonds. The highest BCUT2D eigenvalue weighted by atomic mass is 16.5. The molecule has 23 heavy (non-hydrogen) atoms. The van der Waals surface area contributed by atoms with Gasteiger partial charge in [0.25, 0.3) is 0 Å². The molecule has 3 rings (SSSR count). The minimum Gasteiger partial charge on any atom is -0.338 e. The van der Waals surface area contributed by atoms with Crippen molar-refractivity contribution in [3.05, 3.63) is 41.0 Å². The Morgan fingerprint density at radius 2 is 2.26 bits per heavy atom. The molecule has 1 atom stereocenters. The third-order valence-corrected chi connectivity index (χ3v) is 4.07. The van der Waals surface area contributed by atoms with Crippen LogP contribution in [0, 0.1) is 0 Å².